The van der Waals surface area contributed by atoms with E-state index in [1.165, 1.54) is 51.4 Å². The predicted octanol–water partition coefficient (Wildman–Crippen LogP) is 14.0. The Balaban J connectivity index is 4.47. The van der Waals surface area contributed by atoms with E-state index in [-0.39, 0.29) is 37.4 Å². The maximum atomic E-state index is 12.7. The van der Waals surface area contributed by atoms with Gasteiger partial charge in [-0.1, -0.05) is 147 Å². The Morgan fingerprint density at radius 1 is 0.564 bits per heavy atom. The molecule has 0 saturated carbocycles. The number of carbonyl (C=O) groups excluding carboxylic acids is 2. The monoisotopic (exact) mass is 795 g/mol. The lowest BCUT2D eigenvalue weighted by atomic mass is 9.91. The summed E-state index contributed by atoms with van der Waals surface area (Å²) in [7, 11) is -4.37. The van der Waals surface area contributed by atoms with Gasteiger partial charge in [-0.05, 0) is 95.3 Å². The van der Waals surface area contributed by atoms with E-state index in [9.17, 15) is 19.0 Å². The first-order valence-electron chi connectivity index (χ1n) is 22.1. The van der Waals surface area contributed by atoms with E-state index in [2.05, 4.69) is 83.2 Å². The molecule has 0 amide bonds. The molecule has 0 saturated heterocycles. The van der Waals surface area contributed by atoms with Crippen molar-refractivity contribution in [3.63, 3.8) is 0 Å². The third-order valence-electron chi connectivity index (χ3n) is 9.14. The molecule has 0 fully saturated rings. The fourth-order valence-electron chi connectivity index (χ4n) is 5.78. The second-order valence-corrected chi connectivity index (χ2v) is 17.5. The van der Waals surface area contributed by atoms with E-state index < -0.39 is 26.5 Å². The molecule has 8 nitrogen and oxygen atoms in total. The van der Waals surface area contributed by atoms with Crippen molar-refractivity contribution in [2.24, 2.45) is 5.41 Å². The van der Waals surface area contributed by atoms with Crippen LogP contribution >= 0.6 is 7.82 Å². The van der Waals surface area contributed by atoms with Crippen LogP contribution in [0, 0.1) is 5.41 Å². The van der Waals surface area contributed by atoms with Gasteiger partial charge in [0.2, 0.25) is 0 Å². The van der Waals surface area contributed by atoms with Gasteiger partial charge in [-0.25, -0.2) is 4.57 Å². The van der Waals surface area contributed by atoms with Crippen molar-refractivity contribution in [3.8, 4) is 0 Å². The van der Waals surface area contributed by atoms with Crippen LogP contribution in [0.3, 0.4) is 0 Å². The van der Waals surface area contributed by atoms with Crippen LogP contribution in [0.15, 0.2) is 48.6 Å². The number of phosphoric ester groups is 1. The highest BCUT2D eigenvalue weighted by atomic mass is 31.2. The number of unbranched alkanes of at least 4 members (excludes halogenated alkanes) is 16. The van der Waals surface area contributed by atoms with E-state index in [0.717, 1.165) is 89.9 Å². The van der Waals surface area contributed by atoms with Crippen LogP contribution in [0.2, 0.25) is 0 Å². The van der Waals surface area contributed by atoms with Crippen LogP contribution in [-0.4, -0.2) is 42.8 Å². The third kappa shape index (κ3) is 41.5. The van der Waals surface area contributed by atoms with Crippen LogP contribution in [0.1, 0.15) is 202 Å². The van der Waals surface area contributed by atoms with Crippen molar-refractivity contribution in [3.05, 3.63) is 48.6 Å². The molecular weight excluding hydrogens is 711 g/mol. The highest BCUT2D eigenvalue weighted by molar-refractivity contribution is 7.47. The Bertz CT molecular complexity index is 1070. The first-order chi connectivity index (χ1) is 26.5. The summed E-state index contributed by atoms with van der Waals surface area (Å²) in [6.07, 6.45) is 43.0. The fraction of sp³-hybridized carbons (Fsp3) is 0.783. The van der Waals surface area contributed by atoms with Crippen LogP contribution < -0.4 is 0 Å². The number of allylic oxidation sites excluding steroid dienone is 8. The number of rotatable bonds is 38. The fourth-order valence-corrected chi connectivity index (χ4v) is 6.57. The summed E-state index contributed by atoms with van der Waals surface area (Å²) in [6.45, 7) is 10.2. The molecular formula is C46H83O8P. The Kier molecular flexibility index (Phi) is 36.2. The van der Waals surface area contributed by atoms with Gasteiger partial charge < -0.3 is 14.4 Å². The molecule has 0 aliphatic carbocycles. The van der Waals surface area contributed by atoms with Gasteiger partial charge in [-0.15, -0.1) is 0 Å². The number of ether oxygens (including phenoxy) is 2. The second kappa shape index (κ2) is 37.6. The zero-order valence-electron chi connectivity index (χ0n) is 36.0. The number of phosphoric acid groups is 1. The quantitative estimate of drug-likeness (QED) is 0.0285. The predicted molar refractivity (Wildman–Crippen MR) is 230 cm³/mol. The van der Waals surface area contributed by atoms with Crippen molar-refractivity contribution in [2.75, 3.05) is 19.8 Å². The summed E-state index contributed by atoms with van der Waals surface area (Å²) in [6, 6.07) is 0. The highest BCUT2D eigenvalue weighted by Crippen LogP contribution is 2.43. The first-order valence-corrected chi connectivity index (χ1v) is 23.6. The number of hydrogen-bond acceptors (Lipinski definition) is 7. The van der Waals surface area contributed by atoms with Crippen LogP contribution in [0.25, 0.3) is 0 Å². The Hall–Kier alpha value is -1.99. The molecule has 0 heterocycles. The van der Waals surface area contributed by atoms with Gasteiger partial charge in [0, 0.05) is 12.8 Å². The van der Waals surface area contributed by atoms with Gasteiger partial charge in [0.1, 0.15) is 6.61 Å². The van der Waals surface area contributed by atoms with Gasteiger partial charge in [-0.3, -0.25) is 18.6 Å². The molecule has 2 atom stereocenters. The lowest BCUT2D eigenvalue weighted by Crippen LogP contribution is -2.29. The normalized spacial score (nSPS) is 14.1. The number of carbonyl (C=O) groups is 2. The molecule has 0 aromatic rings. The van der Waals surface area contributed by atoms with Crippen molar-refractivity contribution >= 4 is 19.8 Å². The smallest absolute Gasteiger partial charge is 0.462 e. The van der Waals surface area contributed by atoms with Crippen molar-refractivity contribution in [1.29, 1.82) is 0 Å². The minimum absolute atomic E-state index is 0.0743. The molecule has 0 rings (SSSR count). The number of esters is 2. The van der Waals surface area contributed by atoms with Gasteiger partial charge in [0.15, 0.2) is 6.10 Å². The number of hydrogen-bond donors (Lipinski definition) is 1. The van der Waals surface area contributed by atoms with Gasteiger partial charge in [0.25, 0.3) is 0 Å². The molecule has 0 aromatic carbocycles. The van der Waals surface area contributed by atoms with Gasteiger partial charge in [-0.2, -0.15) is 0 Å². The molecule has 0 aliphatic heterocycles. The van der Waals surface area contributed by atoms with Crippen LogP contribution in [0.4, 0.5) is 0 Å². The molecule has 0 aromatic heterocycles. The van der Waals surface area contributed by atoms with E-state index in [1.54, 1.807) is 0 Å². The summed E-state index contributed by atoms with van der Waals surface area (Å²) >= 11 is 0. The van der Waals surface area contributed by atoms with E-state index in [4.69, 9.17) is 18.5 Å². The van der Waals surface area contributed by atoms with Crippen molar-refractivity contribution in [2.45, 2.75) is 208 Å². The third-order valence-corrected chi connectivity index (χ3v) is 10.1. The minimum atomic E-state index is -4.37. The Labute approximate surface area is 338 Å². The molecule has 55 heavy (non-hydrogen) atoms. The molecule has 2 unspecified atom stereocenters. The lowest BCUT2D eigenvalue weighted by Gasteiger charge is -2.21. The molecule has 0 spiro atoms. The van der Waals surface area contributed by atoms with Crippen LogP contribution in [0.5, 0.6) is 0 Å². The average Bonchev–Trinajstić information content (AvgIpc) is 3.14. The topological polar surface area (TPSA) is 108 Å². The molecule has 320 valence electrons. The van der Waals surface area contributed by atoms with Crippen LogP contribution in [-0.2, 0) is 32.7 Å². The Morgan fingerprint density at radius 3 is 1.47 bits per heavy atom. The molecule has 0 radical (unpaired) electrons. The largest absolute Gasteiger partial charge is 0.472 e. The average molecular weight is 795 g/mol. The van der Waals surface area contributed by atoms with Gasteiger partial charge in [0.05, 0.1) is 13.2 Å². The first kappa shape index (κ1) is 53.0. The van der Waals surface area contributed by atoms with E-state index in [1.807, 2.05) is 0 Å². The zero-order valence-corrected chi connectivity index (χ0v) is 36.8. The Morgan fingerprint density at radius 2 is 1.00 bits per heavy atom. The summed E-state index contributed by atoms with van der Waals surface area (Å²) in [5, 5.41) is 0. The second-order valence-electron chi connectivity index (χ2n) is 16.0. The summed E-state index contributed by atoms with van der Waals surface area (Å²) in [5.41, 5.74) is 0.0804. The highest BCUT2D eigenvalue weighted by Gasteiger charge is 2.26. The molecule has 0 bridgehead atoms. The molecule has 1 N–H and O–H groups in total. The maximum absolute atomic E-state index is 12.7. The summed E-state index contributed by atoms with van der Waals surface area (Å²) in [5.74, 6) is -0.825. The molecule has 0 aliphatic rings. The van der Waals surface area contributed by atoms with E-state index >= 15 is 0 Å². The minimum Gasteiger partial charge on any atom is -0.462 e. The molecule has 9 heteroatoms. The van der Waals surface area contributed by atoms with Crippen molar-refractivity contribution in [1.82, 2.24) is 0 Å². The van der Waals surface area contributed by atoms with E-state index in [0.29, 0.717) is 12.8 Å². The standard InChI is InChI=1S/C46H83O8P/c1-6-8-10-12-14-16-18-20-22-24-26-28-30-32-34-37-44(47)51-41-43(42-53-55(49,50)52-40-36-39-46(3,4)5)54-45(48)38-35-33-31-29-27-25-23-21-19-17-15-13-11-9-7-2/h14-17,20-23,43H,6-13,18-19,24-42H2,1-5H3,(H,49,50)/b16-14-,17-15-,22-20-,23-21-. The summed E-state index contributed by atoms with van der Waals surface area (Å²) in [4.78, 5) is 35.4. The SMILES string of the molecule is CCCCC/C=C\C/C=C\CCCCCCCC(=O)OCC(COP(=O)(O)OCCCC(C)(C)C)OC(=O)CCCCCCC/C=C\C/C=C\CCCCC. The van der Waals surface area contributed by atoms with Gasteiger partial charge >= 0.3 is 19.8 Å². The lowest BCUT2D eigenvalue weighted by molar-refractivity contribution is -0.161. The zero-order chi connectivity index (χ0) is 40.7. The maximum Gasteiger partial charge on any atom is 0.472 e. The summed E-state index contributed by atoms with van der Waals surface area (Å²) < 4.78 is 33.8. The van der Waals surface area contributed by atoms with Crippen molar-refractivity contribution < 1.29 is 37.6 Å².